The maximum Gasteiger partial charge on any atom is 0.342 e. The summed E-state index contributed by atoms with van der Waals surface area (Å²) in [6.45, 7) is 5.97. The first-order valence-electron chi connectivity index (χ1n) is 7.90. The number of hydrogen-bond acceptors (Lipinski definition) is 5. The Morgan fingerprint density at radius 1 is 1.33 bits per heavy atom. The normalized spacial score (nSPS) is 15.1. The Hall–Kier alpha value is -2.28. The van der Waals surface area contributed by atoms with Gasteiger partial charge in [-0.2, -0.15) is 0 Å². The maximum atomic E-state index is 11.5. The molecule has 3 rings (SSSR count). The zero-order valence-corrected chi connectivity index (χ0v) is 14.6. The van der Waals surface area contributed by atoms with E-state index >= 15 is 0 Å². The summed E-state index contributed by atoms with van der Waals surface area (Å²) in [6, 6.07) is 6.17. The molecule has 0 atom stereocenters. The van der Waals surface area contributed by atoms with Gasteiger partial charge in [0.05, 0.1) is 0 Å². The number of hydrogen-bond donors (Lipinski definition) is 2. The lowest BCUT2D eigenvalue weighted by Gasteiger charge is -2.18. The van der Waals surface area contributed by atoms with E-state index in [9.17, 15) is 9.90 Å². The molecule has 0 aliphatic carbocycles. The third-order valence-electron chi connectivity index (χ3n) is 4.00. The van der Waals surface area contributed by atoms with Crippen LogP contribution in [0.5, 0.6) is 0 Å². The monoisotopic (exact) mass is 344 g/mol. The van der Waals surface area contributed by atoms with Gasteiger partial charge >= 0.3 is 5.97 Å². The molecule has 7 heteroatoms. The molecule has 0 saturated carbocycles. The van der Waals surface area contributed by atoms with E-state index in [1.165, 1.54) is 18.5 Å². The van der Waals surface area contributed by atoms with Crippen LogP contribution < -0.4 is 4.90 Å². The molecule has 1 aliphatic heterocycles. The van der Waals surface area contributed by atoms with Crippen LogP contribution in [0.25, 0.3) is 6.08 Å². The van der Waals surface area contributed by atoms with Gasteiger partial charge in [0.2, 0.25) is 5.16 Å². The van der Waals surface area contributed by atoms with Gasteiger partial charge in [-0.05, 0) is 67.8 Å². The Morgan fingerprint density at radius 2 is 2.08 bits per heavy atom. The number of aromatic nitrogens is 3. The van der Waals surface area contributed by atoms with E-state index in [0.29, 0.717) is 11.0 Å². The first-order valence-corrected chi connectivity index (χ1v) is 8.72. The van der Waals surface area contributed by atoms with Crippen LogP contribution in [0, 0.1) is 13.8 Å². The number of benzene rings is 1. The summed E-state index contributed by atoms with van der Waals surface area (Å²) in [6.07, 6.45) is 4.15. The molecule has 0 spiro atoms. The van der Waals surface area contributed by atoms with Crippen molar-refractivity contribution < 1.29 is 9.90 Å². The van der Waals surface area contributed by atoms with Gasteiger partial charge in [-0.1, -0.05) is 6.07 Å². The summed E-state index contributed by atoms with van der Waals surface area (Å²) in [7, 11) is 0. The minimum absolute atomic E-state index is 0.200. The van der Waals surface area contributed by atoms with Crippen molar-refractivity contribution in [3.63, 3.8) is 0 Å². The van der Waals surface area contributed by atoms with Gasteiger partial charge in [-0.3, -0.25) is 5.10 Å². The highest BCUT2D eigenvalue weighted by Gasteiger charge is 2.15. The SMILES string of the molecule is Cc1nc(S/C(=C/c2ccc(N3CCCC3)cc2C)C(=O)O)n[nH]1. The lowest BCUT2D eigenvalue weighted by Crippen LogP contribution is -2.17. The van der Waals surface area contributed by atoms with Crippen molar-refractivity contribution in [1.82, 2.24) is 15.2 Å². The molecule has 2 N–H and O–H groups in total. The number of aromatic amines is 1. The fourth-order valence-corrected chi connectivity index (χ4v) is 3.48. The smallest absolute Gasteiger partial charge is 0.342 e. The van der Waals surface area contributed by atoms with Crippen molar-refractivity contribution in [1.29, 1.82) is 0 Å². The highest BCUT2D eigenvalue weighted by atomic mass is 32.2. The lowest BCUT2D eigenvalue weighted by molar-refractivity contribution is -0.131. The second kappa shape index (κ2) is 7.09. The molecular weight excluding hydrogens is 324 g/mol. The molecule has 1 fully saturated rings. The summed E-state index contributed by atoms with van der Waals surface area (Å²) in [5.74, 6) is -0.321. The van der Waals surface area contributed by atoms with Crippen LogP contribution >= 0.6 is 11.8 Å². The van der Waals surface area contributed by atoms with E-state index in [4.69, 9.17) is 0 Å². The number of aryl methyl sites for hydroxylation is 2. The summed E-state index contributed by atoms with van der Waals surface area (Å²) < 4.78 is 0. The number of anilines is 1. The Labute approximate surface area is 145 Å². The van der Waals surface area contributed by atoms with E-state index in [1.54, 1.807) is 13.0 Å². The van der Waals surface area contributed by atoms with Crippen molar-refractivity contribution in [3.05, 3.63) is 40.1 Å². The summed E-state index contributed by atoms with van der Waals surface area (Å²) in [5, 5.41) is 16.6. The van der Waals surface area contributed by atoms with E-state index < -0.39 is 5.97 Å². The largest absolute Gasteiger partial charge is 0.477 e. The predicted molar refractivity (Wildman–Crippen MR) is 95.2 cm³/mol. The zero-order valence-electron chi connectivity index (χ0n) is 13.7. The molecule has 1 saturated heterocycles. The van der Waals surface area contributed by atoms with Crippen LogP contribution in [0.3, 0.4) is 0 Å². The predicted octanol–water partition coefficient (Wildman–Crippen LogP) is 3.24. The van der Waals surface area contributed by atoms with Gasteiger partial charge in [0, 0.05) is 18.8 Å². The quantitative estimate of drug-likeness (QED) is 0.640. The Kier molecular flexibility index (Phi) is 4.89. The average molecular weight is 344 g/mol. The van der Waals surface area contributed by atoms with Gasteiger partial charge in [0.25, 0.3) is 0 Å². The number of aliphatic carboxylic acids is 1. The van der Waals surface area contributed by atoms with E-state index in [-0.39, 0.29) is 4.91 Å². The minimum Gasteiger partial charge on any atom is -0.477 e. The molecule has 24 heavy (non-hydrogen) atoms. The minimum atomic E-state index is -0.981. The summed E-state index contributed by atoms with van der Waals surface area (Å²) in [5.41, 5.74) is 3.16. The molecule has 1 aromatic carbocycles. The average Bonchev–Trinajstić information content (AvgIpc) is 3.20. The van der Waals surface area contributed by atoms with E-state index in [1.807, 2.05) is 13.0 Å². The lowest BCUT2D eigenvalue weighted by atomic mass is 10.1. The van der Waals surface area contributed by atoms with Crippen LogP contribution in [0.1, 0.15) is 29.8 Å². The highest BCUT2D eigenvalue weighted by molar-refractivity contribution is 8.04. The van der Waals surface area contributed by atoms with Crippen LogP contribution in [0.4, 0.5) is 5.69 Å². The van der Waals surface area contributed by atoms with Gasteiger partial charge in [-0.25, -0.2) is 9.78 Å². The molecular formula is C17H20N4O2S. The first kappa shape index (κ1) is 16.6. The van der Waals surface area contributed by atoms with Crippen molar-refractivity contribution in [2.75, 3.05) is 18.0 Å². The van der Waals surface area contributed by atoms with Crippen molar-refractivity contribution in [3.8, 4) is 0 Å². The number of thioether (sulfide) groups is 1. The molecule has 126 valence electrons. The van der Waals surface area contributed by atoms with Gasteiger partial charge in [0.15, 0.2) is 0 Å². The first-order chi connectivity index (χ1) is 11.5. The molecule has 0 radical (unpaired) electrons. The van der Waals surface area contributed by atoms with Crippen molar-refractivity contribution >= 4 is 29.5 Å². The van der Waals surface area contributed by atoms with E-state index in [0.717, 1.165) is 36.0 Å². The van der Waals surface area contributed by atoms with Crippen molar-refractivity contribution in [2.45, 2.75) is 31.8 Å². The van der Waals surface area contributed by atoms with Crippen LogP contribution in [-0.2, 0) is 4.79 Å². The molecule has 1 aliphatic rings. The zero-order chi connectivity index (χ0) is 17.1. The van der Waals surface area contributed by atoms with Gasteiger partial charge in [0.1, 0.15) is 10.7 Å². The van der Waals surface area contributed by atoms with Crippen LogP contribution in [0.15, 0.2) is 28.3 Å². The Balaban J connectivity index is 1.84. The third kappa shape index (κ3) is 3.79. The molecule has 1 aromatic heterocycles. The molecule has 0 unspecified atom stereocenters. The van der Waals surface area contributed by atoms with Gasteiger partial charge in [-0.15, -0.1) is 5.10 Å². The number of rotatable bonds is 5. The van der Waals surface area contributed by atoms with Crippen molar-refractivity contribution in [2.24, 2.45) is 0 Å². The number of nitrogens with zero attached hydrogens (tertiary/aromatic N) is 3. The molecule has 2 aromatic rings. The second-order valence-corrected chi connectivity index (χ2v) is 6.86. The summed E-state index contributed by atoms with van der Waals surface area (Å²) in [4.78, 5) is 18.3. The maximum absolute atomic E-state index is 11.5. The fourth-order valence-electron chi connectivity index (χ4n) is 2.74. The topological polar surface area (TPSA) is 82.1 Å². The Bertz CT molecular complexity index is 779. The number of carboxylic acid groups (broad SMARTS) is 1. The molecule has 2 heterocycles. The Morgan fingerprint density at radius 3 is 2.67 bits per heavy atom. The molecule has 0 bridgehead atoms. The van der Waals surface area contributed by atoms with Crippen LogP contribution in [0.2, 0.25) is 0 Å². The van der Waals surface area contributed by atoms with Crippen LogP contribution in [-0.4, -0.2) is 39.3 Å². The van der Waals surface area contributed by atoms with Gasteiger partial charge < -0.3 is 10.0 Å². The number of carboxylic acids is 1. The second-order valence-electron chi connectivity index (χ2n) is 5.85. The van der Waals surface area contributed by atoms with E-state index in [2.05, 4.69) is 32.2 Å². The standard InChI is InChI=1S/C17H20N4O2S/c1-11-9-14(21-7-3-4-8-21)6-5-13(11)10-15(16(22)23)24-17-18-12(2)19-20-17/h5-6,9-10H,3-4,7-8H2,1-2H3,(H,22,23)(H,18,19,20)/b15-10+. The highest BCUT2D eigenvalue weighted by Crippen LogP contribution is 2.28. The molecule has 0 amide bonds. The number of carbonyl (C=O) groups is 1. The molecule has 6 nitrogen and oxygen atoms in total. The fraction of sp³-hybridized carbons (Fsp3) is 0.353. The number of H-pyrrole nitrogens is 1. The third-order valence-corrected chi connectivity index (χ3v) is 4.88. The number of nitrogens with one attached hydrogen (secondary N) is 1. The summed E-state index contributed by atoms with van der Waals surface area (Å²) >= 11 is 1.05.